The Morgan fingerprint density at radius 1 is 0.444 bits per heavy atom. The molecule has 0 radical (unpaired) electrons. The van der Waals surface area contributed by atoms with Gasteiger partial charge >= 0.3 is 6.71 Å². The Morgan fingerprint density at radius 3 is 1.17 bits per heavy atom. The molecule has 0 spiro atoms. The molecule has 0 amide bonds. The highest BCUT2D eigenvalue weighted by Gasteiger charge is 2.51. The monoisotopic (exact) mass is 863 g/mol. The SMILES string of the molecule is CC(C)(C)c1ccc(N2c3cc([Si](C)(C)C)oc3B3c4oc([Si](C)(C)C)cc4N(c4ccc(C(C)(C)C)cc4)c4cc(N5c6ccccc6C(C)(C)c6ccccc65)cc2c43)cc1. The maximum absolute atomic E-state index is 7.30. The molecule has 5 aromatic carbocycles. The topological polar surface area (TPSA) is 36.0 Å². The fourth-order valence-corrected chi connectivity index (χ4v) is 12.0. The van der Waals surface area contributed by atoms with E-state index in [0.29, 0.717) is 0 Å². The zero-order valence-electron chi connectivity index (χ0n) is 39.8. The van der Waals surface area contributed by atoms with E-state index >= 15 is 0 Å². The summed E-state index contributed by atoms with van der Waals surface area (Å²) in [4.78, 5) is 7.50. The van der Waals surface area contributed by atoms with E-state index in [1.165, 1.54) is 39.1 Å². The maximum Gasteiger partial charge on any atom is 0.342 e. The third-order valence-corrected chi connectivity index (χ3v) is 17.2. The maximum atomic E-state index is 7.30. The number of fused-ring (bicyclic) bond motifs is 6. The molecule has 0 saturated carbocycles. The summed E-state index contributed by atoms with van der Waals surface area (Å²) in [6, 6.07) is 46.1. The van der Waals surface area contributed by atoms with Crippen LogP contribution in [0.1, 0.15) is 77.6 Å². The first-order valence-corrected chi connectivity index (χ1v) is 29.8. The highest BCUT2D eigenvalue weighted by atomic mass is 28.3. The van der Waals surface area contributed by atoms with Crippen molar-refractivity contribution in [3.63, 3.8) is 0 Å². The summed E-state index contributed by atoms with van der Waals surface area (Å²) >= 11 is 0. The minimum atomic E-state index is -1.92. The van der Waals surface area contributed by atoms with Crippen molar-refractivity contribution in [3.05, 3.63) is 144 Å². The van der Waals surface area contributed by atoms with Gasteiger partial charge in [0.25, 0.3) is 0 Å². The average molecular weight is 864 g/mol. The van der Waals surface area contributed by atoms with Crippen LogP contribution in [-0.4, -0.2) is 22.9 Å². The molecule has 320 valence electrons. The van der Waals surface area contributed by atoms with Crippen LogP contribution in [0.4, 0.5) is 51.2 Å². The Labute approximate surface area is 377 Å². The molecule has 63 heavy (non-hydrogen) atoms. The van der Waals surface area contributed by atoms with E-state index < -0.39 is 16.1 Å². The second-order valence-electron chi connectivity index (χ2n) is 22.8. The van der Waals surface area contributed by atoms with Crippen molar-refractivity contribution in [1.82, 2.24) is 0 Å². The zero-order chi connectivity index (χ0) is 44.8. The summed E-state index contributed by atoms with van der Waals surface area (Å²) in [6.45, 7) is 32.5. The van der Waals surface area contributed by atoms with Gasteiger partial charge in [-0.15, -0.1) is 0 Å². The molecule has 0 aliphatic carbocycles. The predicted octanol–water partition coefficient (Wildman–Crippen LogP) is 12.7. The van der Waals surface area contributed by atoms with E-state index in [2.05, 4.69) is 231 Å². The molecular formula is C55H62BN3O2Si2. The normalized spacial score (nSPS) is 15.5. The van der Waals surface area contributed by atoms with Gasteiger partial charge in [-0.25, -0.2) is 0 Å². The molecule has 2 aromatic heterocycles. The lowest BCUT2D eigenvalue weighted by Gasteiger charge is -2.44. The van der Waals surface area contributed by atoms with Gasteiger partial charge in [0.1, 0.15) is 27.5 Å². The third kappa shape index (κ3) is 6.53. The first-order valence-electron chi connectivity index (χ1n) is 22.8. The average Bonchev–Trinajstić information content (AvgIpc) is 3.87. The molecule has 5 nitrogen and oxygen atoms in total. The lowest BCUT2D eigenvalue weighted by atomic mass is 9.38. The molecule has 0 fully saturated rings. The van der Waals surface area contributed by atoms with Crippen molar-refractivity contribution < 1.29 is 8.83 Å². The van der Waals surface area contributed by atoms with E-state index in [-0.39, 0.29) is 23.0 Å². The number of hydrogen-bond acceptors (Lipinski definition) is 5. The smallest absolute Gasteiger partial charge is 0.342 e. The van der Waals surface area contributed by atoms with E-state index in [4.69, 9.17) is 8.83 Å². The fourth-order valence-electron chi connectivity index (χ4n) is 10.1. The Morgan fingerprint density at radius 2 is 0.810 bits per heavy atom. The van der Waals surface area contributed by atoms with E-state index in [1.807, 2.05) is 0 Å². The number of rotatable bonds is 5. The van der Waals surface area contributed by atoms with Crippen molar-refractivity contribution in [2.24, 2.45) is 0 Å². The van der Waals surface area contributed by atoms with Crippen LogP contribution >= 0.6 is 0 Å². The van der Waals surface area contributed by atoms with Gasteiger partial charge in [0.15, 0.2) is 0 Å². The molecule has 7 aromatic rings. The molecule has 0 N–H and O–H groups in total. The summed E-state index contributed by atoms with van der Waals surface area (Å²) in [7, 11) is -3.85. The lowest BCUT2D eigenvalue weighted by molar-refractivity contribution is 0.590. The van der Waals surface area contributed by atoms with Crippen LogP contribution < -0.4 is 42.2 Å². The van der Waals surface area contributed by atoms with Crippen molar-refractivity contribution >= 4 is 102 Å². The van der Waals surface area contributed by atoms with Gasteiger partial charge in [-0.3, -0.25) is 0 Å². The van der Waals surface area contributed by atoms with Crippen LogP contribution in [0, 0.1) is 0 Å². The quantitative estimate of drug-likeness (QED) is 0.161. The number of anilines is 9. The van der Waals surface area contributed by atoms with Crippen molar-refractivity contribution in [2.45, 2.75) is 111 Å². The van der Waals surface area contributed by atoms with E-state index in [1.54, 1.807) is 0 Å². The molecule has 0 saturated heterocycles. The van der Waals surface area contributed by atoms with Crippen molar-refractivity contribution in [3.8, 4) is 0 Å². The Balaban J connectivity index is 1.34. The van der Waals surface area contributed by atoms with E-state index in [9.17, 15) is 0 Å². The summed E-state index contributed by atoms with van der Waals surface area (Å²) in [5.41, 5.74) is 18.4. The number of furan rings is 2. The first-order chi connectivity index (χ1) is 29.5. The number of nitrogens with zero attached hydrogens (tertiary/aromatic N) is 3. The van der Waals surface area contributed by atoms with Crippen molar-refractivity contribution in [1.29, 1.82) is 0 Å². The lowest BCUT2D eigenvalue weighted by Crippen LogP contribution is -2.60. The first kappa shape index (κ1) is 41.6. The van der Waals surface area contributed by atoms with Gasteiger partial charge in [-0.2, -0.15) is 0 Å². The minimum Gasteiger partial charge on any atom is -0.478 e. The minimum absolute atomic E-state index is 0.0199. The Hall–Kier alpha value is -5.44. The molecule has 0 atom stereocenters. The van der Waals surface area contributed by atoms with Gasteiger partial charge < -0.3 is 23.5 Å². The number of benzene rings is 5. The summed E-state index contributed by atoms with van der Waals surface area (Å²) < 4.78 is 14.6. The fraction of sp³-hybridized carbons (Fsp3) is 0.309. The Bertz CT molecular complexity index is 2740. The molecular weight excluding hydrogens is 802 g/mol. The van der Waals surface area contributed by atoms with Gasteiger partial charge in [0, 0.05) is 28.2 Å². The second-order valence-corrected chi connectivity index (χ2v) is 32.8. The molecule has 0 bridgehead atoms. The molecule has 5 heterocycles. The standard InChI is InChI=1S/C55H62BN3O2Si2/c1-53(2,3)35-23-27-37(28-24-35)57-44-31-39(59-42-21-17-15-19-40(42)55(7,8)41-20-16-18-22-43(41)59)32-45-50(44)56(51-46(57)33-48(60-51)62(9,10)11)52-47(34-49(61-52)63(12,13)14)58(45)38-29-25-36(26-30-38)54(4,5)6/h15-34H,1-14H3. The number of hydrogen-bond donors (Lipinski definition) is 0. The van der Waals surface area contributed by atoms with E-state index in [0.717, 1.165) is 61.9 Å². The molecule has 10 rings (SSSR count). The highest BCUT2D eigenvalue weighted by molar-refractivity contribution is 7.00. The third-order valence-electron chi connectivity index (χ3n) is 13.7. The molecule has 3 aliphatic heterocycles. The Kier molecular flexibility index (Phi) is 9.09. The van der Waals surface area contributed by atoms with Crippen LogP contribution in [0.5, 0.6) is 0 Å². The molecule has 3 aliphatic rings. The summed E-state index contributed by atoms with van der Waals surface area (Å²) in [5, 5.41) is 2.19. The van der Waals surface area contributed by atoms with Gasteiger partial charge in [-0.1, -0.05) is 155 Å². The van der Waals surface area contributed by atoms with Crippen LogP contribution in [0.3, 0.4) is 0 Å². The molecule has 0 unspecified atom stereocenters. The second kappa shape index (κ2) is 13.8. The van der Waals surface area contributed by atoms with Gasteiger partial charge in [0.2, 0.25) is 0 Å². The van der Waals surface area contributed by atoms with Crippen LogP contribution in [0.2, 0.25) is 39.3 Å². The zero-order valence-corrected chi connectivity index (χ0v) is 41.8. The summed E-state index contributed by atoms with van der Waals surface area (Å²) in [5.74, 6) is 0. The molecule has 8 heteroatoms. The highest BCUT2D eigenvalue weighted by Crippen LogP contribution is 2.54. The van der Waals surface area contributed by atoms with Crippen LogP contribution in [-0.2, 0) is 16.2 Å². The van der Waals surface area contributed by atoms with Gasteiger partial charge in [-0.05, 0) is 99.2 Å². The van der Waals surface area contributed by atoms with Crippen LogP contribution in [0.25, 0.3) is 0 Å². The predicted molar refractivity (Wildman–Crippen MR) is 275 cm³/mol. The summed E-state index contributed by atoms with van der Waals surface area (Å²) in [6.07, 6.45) is 0. The van der Waals surface area contributed by atoms with Crippen molar-refractivity contribution in [2.75, 3.05) is 14.7 Å². The van der Waals surface area contributed by atoms with Crippen LogP contribution in [0.15, 0.2) is 130 Å². The van der Waals surface area contributed by atoms with Gasteiger partial charge in [0.05, 0.1) is 39.2 Å². The number of para-hydroxylation sites is 2. The largest absolute Gasteiger partial charge is 0.478 e.